The Morgan fingerprint density at radius 2 is 2.21 bits per heavy atom. The van der Waals surface area contributed by atoms with Gasteiger partial charge in [0.15, 0.2) is 6.10 Å². The molecule has 0 radical (unpaired) electrons. The van der Waals surface area contributed by atoms with Crippen LogP contribution in [0.5, 0.6) is 0 Å². The molecule has 1 amide bonds. The Kier molecular flexibility index (Phi) is 2.74. The topological polar surface area (TPSA) is 52.6 Å². The van der Waals surface area contributed by atoms with E-state index in [1.807, 2.05) is 11.9 Å². The highest BCUT2D eigenvalue weighted by molar-refractivity contribution is 6.02. The molecule has 1 heterocycles. The molecular weight excluding hydrogens is 247 g/mol. The molecule has 5 heteroatoms. The molecule has 3 atom stereocenters. The quantitative estimate of drug-likeness (QED) is 0.876. The normalized spacial score (nSPS) is 28.0. The number of rotatable bonds is 3. The largest absolute Gasteiger partial charge is 0.378 e. The van der Waals surface area contributed by atoms with Gasteiger partial charge in [-0.1, -0.05) is 6.92 Å². The Morgan fingerprint density at radius 1 is 1.53 bits per heavy atom. The second-order valence-corrected chi connectivity index (χ2v) is 5.64. The summed E-state index contributed by atoms with van der Waals surface area (Å²) in [7, 11) is 1.85. The summed E-state index contributed by atoms with van der Waals surface area (Å²) in [6, 6.07) is 2.85. The molecule has 19 heavy (non-hydrogen) atoms. The first-order valence-electron chi connectivity index (χ1n) is 6.51. The van der Waals surface area contributed by atoms with Crippen LogP contribution < -0.4 is 10.2 Å². The molecule has 3 unspecified atom stereocenters. The third kappa shape index (κ3) is 2.08. The molecule has 1 aromatic rings. The Labute approximate surface area is 111 Å². The molecule has 0 saturated heterocycles. The van der Waals surface area contributed by atoms with E-state index < -0.39 is 17.8 Å². The van der Waals surface area contributed by atoms with E-state index in [4.69, 9.17) is 0 Å². The van der Waals surface area contributed by atoms with Crippen molar-refractivity contribution in [1.82, 2.24) is 0 Å². The van der Waals surface area contributed by atoms with Gasteiger partial charge in [-0.25, -0.2) is 4.39 Å². The predicted octanol–water partition coefficient (Wildman–Crippen LogP) is 1.90. The van der Waals surface area contributed by atoms with Gasteiger partial charge in [0.1, 0.15) is 5.82 Å². The van der Waals surface area contributed by atoms with Crippen molar-refractivity contribution in [2.24, 2.45) is 11.8 Å². The van der Waals surface area contributed by atoms with Crippen molar-refractivity contribution in [1.29, 1.82) is 0 Å². The van der Waals surface area contributed by atoms with Crippen molar-refractivity contribution in [3.8, 4) is 0 Å². The molecular formula is C14H17FN2O2. The average Bonchev–Trinajstić information content (AvgIpc) is 2.97. The molecule has 0 spiro atoms. The van der Waals surface area contributed by atoms with Gasteiger partial charge in [-0.2, -0.15) is 0 Å². The maximum absolute atomic E-state index is 14.1. The minimum Gasteiger partial charge on any atom is -0.378 e. The van der Waals surface area contributed by atoms with Gasteiger partial charge >= 0.3 is 0 Å². The van der Waals surface area contributed by atoms with Crippen LogP contribution in [0.4, 0.5) is 15.8 Å². The van der Waals surface area contributed by atoms with Gasteiger partial charge < -0.3 is 15.3 Å². The van der Waals surface area contributed by atoms with Crippen LogP contribution in [0.1, 0.15) is 25.0 Å². The van der Waals surface area contributed by atoms with E-state index >= 15 is 0 Å². The summed E-state index contributed by atoms with van der Waals surface area (Å²) in [5.41, 5.74) is 1.29. The van der Waals surface area contributed by atoms with E-state index in [1.54, 1.807) is 6.07 Å². The van der Waals surface area contributed by atoms with Crippen molar-refractivity contribution >= 4 is 17.3 Å². The first-order valence-corrected chi connectivity index (χ1v) is 6.51. The minimum absolute atomic E-state index is 0.319. The van der Waals surface area contributed by atoms with Crippen LogP contribution in [-0.4, -0.2) is 24.6 Å². The fourth-order valence-corrected chi connectivity index (χ4v) is 2.65. The molecule has 0 bridgehead atoms. The number of anilines is 2. The van der Waals surface area contributed by atoms with E-state index in [1.165, 1.54) is 12.5 Å². The Bertz CT molecular complexity index is 546. The predicted molar refractivity (Wildman–Crippen MR) is 70.5 cm³/mol. The summed E-state index contributed by atoms with van der Waals surface area (Å²) in [4.78, 5) is 13.2. The number of benzene rings is 1. The maximum Gasteiger partial charge on any atom is 0.257 e. The summed E-state index contributed by atoms with van der Waals surface area (Å²) < 4.78 is 14.1. The summed E-state index contributed by atoms with van der Waals surface area (Å²) in [5, 5.41) is 12.2. The van der Waals surface area contributed by atoms with Crippen LogP contribution >= 0.6 is 0 Å². The molecule has 2 aliphatic rings. The van der Waals surface area contributed by atoms with Crippen LogP contribution in [0.25, 0.3) is 0 Å². The first kappa shape index (κ1) is 12.4. The van der Waals surface area contributed by atoms with E-state index in [9.17, 15) is 14.3 Å². The second kappa shape index (κ2) is 4.20. The number of carbonyl (C=O) groups is 1. The number of aliphatic hydroxyl groups is 1. The highest BCUT2D eigenvalue weighted by Crippen LogP contribution is 2.40. The Balaban J connectivity index is 1.87. The van der Waals surface area contributed by atoms with Gasteiger partial charge in [0, 0.05) is 24.8 Å². The van der Waals surface area contributed by atoms with Gasteiger partial charge in [0.05, 0.1) is 5.69 Å². The molecule has 1 aromatic carbocycles. The molecule has 1 aliphatic heterocycles. The molecule has 0 aromatic heterocycles. The average molecular weight is 264 g/mol. The second-order valence-electron chi connectivity index (χ2n) is 5.64. The zero-order valence-electron chi connectivity index (χ0n) is 11.0. The van der Waals surface area contributed by atoms with Crippen molar-refractivity contribution in [3.63, 3.8) is 0 Å². The third-order valence-electron chi connectivity index (χ3n) is 4.12. The van der Waals surface area contributed by atoms with E-state index in [0.717, 1.165) is 6.54 Å². The van der Waals surface area contributed by atoms with Crippen molar-refractivity contribution in [3.05, 3.63) is 23.5 Å². The number of hydrogen-bond acceptors (Lipinski definition) is 3. The fourth-order valence-electron chi connectivity index (χ4n) is 2.65. The summed E-state index contributed by atoms with van der Waals surface area (Å²) in [6.07, 6.45) is -0.0703. The van der Waals surface area contributed by atoms with Crippen LogP contribution in [0.2, 0.25) is 0 Å². The molecule has 1 saturated carbocycles. The van der Waals surface area contributed by atoms with Crippen LogP contribution in [0.3, 0.4) is 0 Å². The number of amides is 1. The SMILES string of the molecule is CC1CC1CN(C)c1cc2c(cc1F)C(O)C(=O)N2. The van der Waals surface area contributed by atoms with Gasteiger partial charge in [-0.05, 0) is 30.4 Å². The van der Waals surface area contributed by atoms with Crippen LogP contribution in [0.15, 0.2) is 12.1 Å². The number of aliphatic hydroxyl groups excluding tert-OH is 1. The van der Waals surface area contributed by atoms with Crippen LogP contribution in [0, 0.1) is 17.7 Å². The molecule has 3 rings (SSSR count). The monoisotopic (exact) mass is 264 g/mol. The van der Waals surface area contributed by atoms with Gasteiger partial charge in [0.25, 0.3) is 5.91 Å². The number of carbonyl (C=O) groups excluding carboxylic acids is 1. The smallest absolute Gasteiger partial charge is 0.257 e. The number of halogens is 1. The zero-order valence-corrected chi connectivity index (χ0v) is 11.0. The zero-order chi connectivity index (χ0) is 13.7. The molecule has 1 aliphatic carbocycles. The molecule has 4 nitrogen and oxygen atoms in total. The van der Waals surface area contributed by atoms with Gasteiger partial charge in [-0.15, -0.1) is 0 Å². The molecule has 2 N–H and O–H groups in total. The number of hydrogen-bond donors (Lipinski definition) is 2. The summed E-state index contributed by atoms with van der Waals surface area (Å²) in [5.74, 6) is 0.439. The summed E-state index contributed by atoms with van der Waals surface area (Å²) >= 11 is 0. The van der Waals surface area contributed by atoms with Crippen molar-refractivity contribution < 1.29 is 14.3 Å². The minimum atomic E-state index is -1.26. The highest BCUT2D eigenvalue weighted by atomic mass is 19.1. The number of fused-ring (bicyclic) bond motifs is 1. The third-order valence-corrected chi connectivity index (χ3v) is 4.12. The number of nitrogens with zero attached hydrogens (tertiary/aromatic N) is 1. The van der Waals surface area contributed by atoms with Gasteiger partial charge in [-0.3, -0.25) is 4.79 Å². The fraction of sp³-hybridized carbons (Fsp3) is 0.500. The lowest BCUT2D eigenvalue weighted by atomic mass is 10.1. The highest BCUT2D eigenvalue weighted by Gasteiger charge is 2.35. The lowest BCUT2D eigenvalue weighted by Crippen LogP contribution is -2.21. The Morgan fingerprint density at radius 3 is 2.84 bits per heavy atom. The maximum atomic E-state index is 14.1. The van der Waals surface area contributed by atoms with Crippen molar-refractivity contribution in [2.75, 3.05) is 23.8 Å². The Hall–Kier alpha value is -1.62. The van der Waals surface area contributed by atoms with E-state index in [-0.39, 0.29) is 0 Å². The lowest BCUT2D eigenvalue weighted by Gasteiger charge is -2.21. The molecule has 102 valence electrons. The lowest BCUT2D eigenvalue weighted by molar-refractivity contribution is -0.123. The molecule has 1 fully saturated rings. The number of nitrogens with one attached hydrogen (secondary N) is 1. The summed E-state index contributed by atoms with van der Waals surface area (Å²) in [6.45, 7) is 3.00. The van der Waals surface area contributed by atoms with Gasteiger partial charge in [0.2, 0.25) is 0 Å². The first-order chi connectivity index (χ1) is 8.97. The van der Waals surface area contributed by atoms with Crippen LogP contribution in [-0.2, 0) is 4.79 Å². The van der Waals surface area contributed by atoms with E-state index in [2.05, 4.69) is 12.2 Å². The van der Waals surface area contributed by atoms with Crippen molar-refractivity contribution in [2.45, 2.75) is 19.4 Å². The standard InChI is InChI=1S/C14H17FN2O2/c1-7-3-8(7)6-17(2)12-5-11-9(4-10(12)15)13(18)14(19)16-11/h4-5,7-8,13,18H,3,6H2,1-2H3,(H,16,19). The van der Waals surface area contributed by atoms with E-state index in [0.29, 0.717) is 28.8 Å².